The smallest absolute Gasteiger partial charge is 0.223 e. The molecule has 3 aromatic rings. The van der Waals surface area contributed by atoms with Crippen molar-refractivity contribution in [3.8, 4) is 22.8 Å². The molecule has 0 atom stereocenters. The number of hydrogen-bond donors (Lipinski definition) is 0. The highest BCUT2D eigenvalue weighted by molar-refractivity contribution is 6.00. The van der Waals surface area contributed by atoms with Gasteiger partial charge >= 0.3 is 0 Å². The van der Waals surface area contributed by atoms with Gasteiger partial charge in [-0.3, -0.25) is 0 Å². The molecule has 0 spiro atoms. The van der Waals surface area contributed by atoms with Gasteiger partial charge in [-0.15, -0.1) is 0 Å². The van der Waals surface area contributed by atoms with E-state index >= 15 is 0 Å². The Morgan fingerprint density at radius 1 is 0.957 bits per heavy atom. The summed E-state index contributed by atoms with van der Waals surface area (Å²) in [5.74, 6) is 1.37. The Balaban J connectivity index is 2.28. The van der Waals surface area contributed by atoms with Gasteiger partial charge < -0.3 is 14.2 Å². The molecule has 3 rings (SSSR count). The molecule has 0 unspecified atom stereocenters. The molecule has 2 aromatic carbocycles. The second-order valence-electron chi connectivity index (χ2n) is 5.21. The molecule has 0 aliphatic heterocycles. The van der Waals surface area contributed by atoms with Crippen LogP contribution >= 0.6 is 0 Å². The van der Waals surface area contributed by atoms with Crippen LogP contribution < -0.4 is 9.47 Å². The fourth-order valence-corrected chi connectivity index (χ4v) is 2.70. The van der Waals surface area contributed by atoms with Crippen LogP contribution in [0, 0.1) is 6.92 Å². The van der Waals surface area contributed by atoms with E-state index in [1.54, 1.807) is 14.2 Å². The number of aromatic nitrogens is 1. The monoisotopic (exact) mass is 309 g/mol. The van der Waals surface area contributed by atoms with E-state index in [0.717, 1.165) is 33.3 Å². The van der Waals surface area contributed by atoms with Crippen LogP contribution in [0.5, 0.6) is 11.6 Å². The van der Waals surface area contributed by atoms with Gasteiger partial charge in [0, 0.05) is 29.1 Å². The predicted octanol–water partition coefficient (Wildman–Crippen LogP) is 4.20. The lowest BCUT2D eigenvalue weighted by atomic mass is 9.97. The third kappa shape index (κ3) is 2.98. The number of methoxy groups -OCH3 is 2. The van der Waals surface area contributed by atoms with E-state index in [4.69, 9.17) is 14.2 Å². The molecule has 0 saturated heterocycles. The topological polar surface area (TPSA) is 40.6 Å². The van der Waals surface area contributed by atoms with Gasteiger partial charge in [0.2, 0.25) is 5.88 Å². The first-order valence-corrected chi connectivity index (χ1v) is 7.40. The van der Waals surface area contributed by atoms with Crippen LogP contribution in [-0.4, -0.2) is 26.0 Å². The summed E-state index contributed by atoms with van der Waals surface area (Å²) < 4.78 is 16.0. The third-order valence-corrected chi connectivity index (χ3v) is 3.73. The largest absolute Gasteiger partial charge is 0.497 e. The van der Waals surface area contributed by atoms with Crippen LogP contribution in [0.2, 0.25) is 0 Å². The standard InChI is InChI=1S/C19H19NO3/c1-13-18(14-7-5-4-6-8-14)17-11-15(22-3)9-10-16(17)19(20-13)23-12-21-2/h4-11H,12H2,1-3H3. The van der Waals surface area contributed by atoms with Gasteiger partial charge in [-0.05, 0) is 30.7 Å². The highest BCUT2D eigenvalue weighted by Crippen LogP contribution is 2.37. The summed E-state index contributed by atoms with van der Waals surface area (Å²) in [5.41, 5.74) is 3.11. The van der Waals surface area contributed by atoms with Crippen molar-refractivity contribution in [3.63, 3.8) is 0 Å². The van der Waals surface area contributed by atoms with E-state index in [2.05, 4.69) is 17.1 Å². The molecule has 0 N–H and O–H groups in total. The van der Waals surface area contributed by atoms with E-state index < -0.39 is 0 Å². The lowest BCUT2D eigenvalue weighted by Crippen LogP contribution is -2.03. The van der Waals surface area contributed by atoms with Crippen LogP contribution in [0.25, 0.3) is 21.9 Å². The number of ether oxygens (including phenoxy) is 3. The molecule has 0 bridgehead atoms. The van der Waals surface area contributed by atoms with Crippen LogP contribution in [0.4, 0.5) is 0 Å². The lowest BCUT2D eigenvalue weighted by Gasteiger charge is -2.15. The van der Waals surface area contributed by atoms with Gasteiger partial charge in [-0.25, -0.2) is 4.98 Å². The summed E-state index contributed by atoms with van der Waals surface area (Å²) in [6.45, 7) is 2.15. The van der Waals surface area contributed by atoms with E-state index in [1.807, 2.05) is 43.3 Å². The van der Waals surface area contributed by atoms with Crippen LogP contribution in [0.1, 0.15) is 5.69 Å². The van der Waals surface area contributed by atoms with Gasteiger partial charge in [0.05, 0.1) is 7.11 Å². The summed E-state index contributed by atoms with van der Waals surface area (Å²) in [6, 6.07) is 16.1. The highest BCUT2D eigenvalue weighted by atomic mass is 16.7. The average molecular weight is 309 g/mol. The molecule has 1 aromatic heterocycles. The number of nitrogens with zero attached hydrogens (tertiary/aromatic N) is 1. The number of hydrogen-bond acceptors (Lipinski definition) is 4. The van der Waals surface area contributed by atoms with Gasteiger partial charge in [0.1, 0.15) is 5.75 Å². The fraction of sp³-hybridized carbons (Fsp3) is 0.211. The number of fused-ring (bicyclic) bond motifs is 1. The fourth-order valence-electron chi connectivity index (χ4n) is 2.70. The first-order chi connectivity index (χ1) is 11.2. The van der Waals surface area contributed by atoms with Crippen molar-refractivity contribution in [3.05, 3.63) is 54.2 Å². The predicted molar refractivity (Wildman–Crippen MR) is 91.0 cm³/mol. The molecule has 4 heteroatoms. The minimum atomic E-state index is 0.165. The summed E-state index contributed by atoms with van der Waals surface area (Å²) in [5, 5.41) is 1.99. The minimum Gasteiger partial charge on any atom is -0.497 e. The second kappa shape index (κ2) is 6.67. The zero-order chi connectivity index (χ0) is 16.2. The van der Waals surface area contributed by atoms with Crippen molar-refractivity contribution in [2.75, 3.05) is 21.0 Å². The van der Waals surface area contributed by atoms with Crippen molar-refractivity contribution in [1.82, 2.24) is 4.98 Å². The summed E-state index contributed by atoms with van der Waals surface area (Å²) >= 11 is 0. The number of aryl methyl sites for hydroxylation is 1. The first-order valence-electron chi connectivity index (χ1n) is 7.40. The summed E-state index contributed by atoms with van der Waals surface area (Å²) in [4.78, 5) is 4.63. The molecule has 23 heavy (non-hydrogen) atoms. The Morgan fingerprint density at radius 3 is 2.43 bits per heavy atom. The van der Waals surface area contributed by atoms with E-state index in [9.17, 15) is 0 Å². The molecule has 1 heterocycles. The maximum atomic E-state index is 5.64. The summed E-state index contributed by atoms with van der Waals surface area (Å²) in [7, 11) is 3.26. The molecule has 0 saturated carbocycles. The third-order valence-electron chi connectivity index (χ3n) is 3.73. The molecule has 0 aliphatic rings. The molecule has 0 fully saturated rings. The molecule has 0 radical (unpaired) electrons. The van der Waals surface area contributed by atoms with Gasteiger partial charge in [0.25, 0.3) is 0 Å². The van der Waals surface area contributed by atoms with Crippen molar-refractivity contribution >= 4 is 10.8 Å². The van der Waals surface area contributed by atoms with Crippen LogP contribution in [0.15, 0.2) is 48.5 Å². The molecule has 0 aliphatic carbocycles. The second-order valence-corrected chi connectivity index (χ2v) is 5.21. The first kappa shape index (κ1) is 15.3. The SMILES string of the molecule is COCOc1nc(C)c(-c2ccccc2)c2cc(OC)ccc12. The van der Waals surface area contributed by atoms with Gasteiger partial charge in [0.15, 0.2) is 6.79 Å². The Kier molecular flexibility index (Phi) is 4.44. The molecule has 4 nitrogen and oxygen atoms in total. The quantitative estimate of drug-likeness (QED) is 0.662. The number of rotatable bonds is 5. The Bertz CT molecular complexity index is 816. The minimum absolute atomic E-state index is 0.165. The number of benzene rings is 2. The van der Waals surface area contributed by atoms with Crippen molar-refractivity contribution in [2.45, 2.75) is 6.92 Å². The van der Waals surface area contributed by atoms with E-state index in [1.165, 1.54) is 0 Å². The molecule has 0 amide bonds. The lowest BCUT2D eigenvalue weighted by molar-refractivity contribution is 0.0490. The van der Waals surface area contributed by atoms with E-state index in [0.29, 0.717) is 5.88 Å². The Morgan fingerprint density at radius 2 is 1.74 bits per heavy atom. The van der Waals surface area contributed by atoms with Crippen molar-refractivity contribution in [2.24, 2.45) is 0 Å². The average Bonchev–Trinajstić information content (AvgIpc) is 2.59. The Hall–Kier alpha value is -2.59. The number of pyridine rings is 1. The molecule has 118 valence electrons. The van der Waals surface area contributed by atoms with Crippen LogP contribution in [0.3, 0.4) is 0 Å². The zero-order valence-electron chi connectivity index (χ0n) is 13.5. The van der Waals surface area contributed by atoms with Crippen molar-refractivity contribution in [1.29, 1.82) is 0 Å². The van der Waals surface area contributed by atoms with E-state index in [-0.39, 0.29) is 6.79 Å². The molecular formula is C19H19NO3. The van der Waals surface area contributed by atoms with Gasteiger partial charge in [-0.2, -0.15) is 0 Å². The maximum absolute atomic E-state index is 5.64. The highest BCUT2D eigenvalue weighted by Gasteiger charge is 2.14. The maximum Gasteiger partial charge on any atom is 0.223 e. The summed E-state index contributed by atoms with van der Waals surface area (Å²) in [6.07, 6.45) is 0. The van der Waals surface area contributed by atoms with Gasteiger partial charge in [-0.1, -0.05) is 30.3 Å². The Labute approximate surface area is 135 Å². The normalized spacial score (nSPS) is 10.7. The zero-order valence-corrected chi connectivity index (χ0v) is 13.5. The molecular weight excluding hydrogens is 290 g/mol. The van der Waals surface area contributed by atoms with Crippen molar-refractivity contribution < 1.29 is 14.2 Å². The van der Waals surface area contributed by atoms with Crippen LogP contribution in [-0.2, 0) is 4.74 Å².